The minimum absolute atomic E-state index is 0.0957. The van der Waals surface area contributed by atoms with E-state index < -0.39 is 5.91 Å². The first kappa shape index (κ1) is 19.3. The smallest absolute Gasteiger partial charge is 0.283 e. The molecule has 8 nitrogen and oxygen atoms in total. The van der Waals surface area contributed by atoms with Gasteiger partial charge in [-0.3, -0.25) is 15.1 Å². The molecule has 9 heteroatoms. The molecule has 2 aromatic rings. The molecule has 0 saturated carbocycles. The van der Waals surface area contributed by atoms with E-state index in [-0.39, 0.29) is 18.2 Å². The summed E-state index contributed by atoms with van der Waals surface area (Å²) >= 11 is 1.32. The number of benzene rings is 2. The van der Waals surface area contributed by atoms with Gasteiger partial charge in [0, 0.05) is 6.20 Å². The second kappa shape index (κ2) is 7.84. The maximum Gasteiger partial charge on any atom is 0.283 e. The van der Waals surface area contributed by atoms with Crippen LogP contribution in [0.15, 0.2) is 58.6 Å². The van der Waals surface area contributed by atoms with Crippen molar-refractivity contribution >= 4 is 34.7 Å². The number of methoxy groups -OCH3 is 1. The predicted molar refractivity (Wildman–Crippen MR) is 117 cm³/mol. The maximum atomic E-state index is 12.4. The van der Waals surface area contributed by atoms with Gasteiger partial charge in [-0.15, -0.1) is 0 Å². The van der Waals surface area contributed by atoms with Crippen molar-refractivity contribution in [3.8, 4) is 23.0 Å². The molecule has 0 unspecified atom stereocenters. The Morgan fingerprint density at radius 1 is 1.19 bits per heavy atom. The highest BCUT2D eigenvalue weighted by atomic mass is 32.2. The number of carbonyl (C=O) groups is 1. The van der Waals surface area contributed by atoms with Crippen LogP contribution in [0.2, 0.25) is 0 Å². The van der Waals surface area contributed by atoms with Crippen molar-refractivity contribution in [1.29, 1.82) is 5.41 Å². The molecule has 1 amide bonds. The third kappa shape index (κ3) is 3.64. The van der Waals surface area contributed by atoms with Crippen molar-refractivity contribution in [2.45, 2.75) is 6.61 Å². The Morgan fingerprint density at radius 2 is 2.06 bits per heavy atom. The molecule has 31 heavy (non-hydrogen) atoms. The topological polar surface area (TPSA) is 93.4 Å². The van der Waals surface area contributed by atoms with Crippen LogP contribution in [0.3, 0.4) is 0 Å². The fourth-order valence-electron chi connectivity index (χ4n) is 3.28. The average Bonchev–Trinajstić information content (AvgIpc) is 3.44. The number of aliphatic imine (C=N–C) groups is 1. The van der Waals surface area contributed by atoms with Gasteiger partial charge >= 0.3 is 0 Å². The number of ether oxygens (including phenoxy) is 4. The van der Waals surface area contributed by atoms with Crippen LogP contribution < -0.4 is 18.9 Å². The summed E-state index contributed by atoms with van der Waals surface area (Å²) in [6.45, 7) is 0.553. The van der Waals surface area contributed by atoms with Gasteiger partial charge in [0.2, 0.25) is 6.79 Å². The second-order valence-corrected chi connectivity index (χ2v) is 7.64. The van der Waals surface area contributed by atoms with Crippen LogP contribution in [-0.2, 0) is 11.4 Å². The zero-order valence-electron chi connectivity index (χ0n) is 16.5. The lowest BCUT2D eigenvalue weighted by molar-refractivity contribution is -0.114. The molecule has 3 aliphatic rings. The summed E-state index contributed by atoms with van der Waals surface area (Å²) in [7, 11) is 1.55. The van der Waals surface area contributed by atoms with E-state index in [0.29, 0.717) is 34.6 Å². The molecular weight excluding hydrogens is 418 g/mol. The monoisotopic (exact) mass is 435 g/mol. The number of nitrogens with zero attached hydrogens (tertiary/aromatic N) is 2. The Morgan fingerprint density at radius 3 is 2.94 bits per heavy atom. The van der Waals surface area contributed by atoms with Crippen LogP contribution in [0.5, 0.6) is 23.0 Å². The van der Waals surface area contributed by atoms with E-state index in [9.17, 15) is 4.79 Å². The summed E-state index contributed by atoms with van der Waals surface area (Å²) in [6, 6.07) is 11.0. The lowest BCUT2D eigenvalue weighted by atomic mass is 10.1. The highest BCUT2D eigenvalue weighted by Crippen LogP contribution is 2.34. The summed E-state index contributed by atoms with van der Waals surface area (Å²) < 4.78 is 22.1. The Bertz CT molecular complexity index is 1190. The maximum absolute atomic E-state index is 12.4. The number of carbonyl (C=O) groups excluding carboxylic acids is 1. The van der Waals surface area contributed by atoms with Gasteiger partial charge in [0.1, 0.15) is 12.4 Å². The lowest BCUT2D eigenvalue weighted by Crippen LogP contribution is -2.35. The van der Waals surface area contributed by atoms with Gasteiger partial charge in [-0.2, -0.15) is 4.99 Å². The molecule has 0 aliphatic carbocycles. The standard InChI is InChI=1S/C22H17N3O5S/c1-27-18-9-13(8-15-20(23)25-6-7-31-22(25)24-21(15)26)2-4-16(18)28-11-14-3-5-17-19(10-14)30-12-29-17/h2-10,23H,11-12H2,1H3/b15-8-,23-20?. The number of hydrogen-bond acceptors (Lipinski definition) is 7. The molecule has 0 aromatic heterocycles. The Hall–Kier alpha value is -3.72. The normalized spacial score (nSPS) is 17.8. The van der Waals surface area contributed by atoms with E-state index >= 15 is 0 Å². The molecule has 0 saturated heterocycles. The van der Waals surface area contributed by atoms with Crippen LogP contribution in [0, 0.1) is 5.41 Å². The first-order valence-electron chi connectivity index (χ1n) is 9.38. The quantitative estimate of drug-likeness (QED) is 0.715. The Kier molecular flexibility index (Phi) is 4.87. The molecule has 0 atom stereocenters. The first-order chi connectivity index (χ1) is 15.1. The predicted octanol–water partition coefficient (Wildman–Crippen LogP) is 3.78. The van der Waals surface area contributed by atoms with E-state index in [0.717, 1.165) is 11.3 Å². The fraction of sp³-hybridized carbons (Fsp3) is 0.136. The molecular formula is C22H17N3O5S. The molecule has 2 aromatic carbocycles. The van der Waals surface area contributed by atoms with Crippen LogP contribution in [0.4, 0.5) is 0 Å². The summed E-state index contributed by atoms with van der Waals surface area (Å²) in [5, 5.41) is 10.6. The van der Waals surface area contributed by atoms with Crippen LogP contribution in [-0.4, -0.2) is 35.7 Å². The summed E-state index contributed by atoms with van der Waals surface area (Å²) in [5.74, 6) is 2.16. The van der Waals surface area contributed by atoms with E-state index in [1.54, 1.807) is 47.9 Å². The largest absolute Gasteiger partial charge is 0.493 e. The van der Waals surface area contributed by atoms with Crippen LogP contribution in [0.1, 0.15) is 11.1 Å². The molecule has 5 rings (SSSR count). The SMILES string of the molecule is COc1cc(/C=C2/C(=N)N3C=CSC3=NC2=O)ccc1OCc1ccc2c(c1)OCO2. The summed E-state index contributed by atoms with van der Waals surface area (Å²) in [6.07, 6.45) is 3.35. The van der Waals surface area contributed by atoms with E-state index in [1.165, 1.54) is 11.8 Å². The van der Waals surface area contributed by atoms with Crippen molar-refractivity contribution < 1.29 is 23.7 Å². The van der Waals surface area contributed by atoms with Crippen LogP contribution >= 0.6 is 11.8 Å². The molecule has 0 spiro atoms. The van der Waals surface area contributed by atoms with Gasteiger partial charge in [0.15, 0.2) is 28.2 Å². The van der Waals surface area contributed by atoms with Gasteiger partial charge in [0.05, 0.1) is 12.7 Å². The van der Waals surface area contributed by atoms with Crippen LogP contribution in [0.25, 0.3) is 6.08 Å². The third-order valence-corrected chi connectivity index (χ3v) is 5.60. The zero-order chi connectivity index (χ0) is 21.4. The van der Waals surface area contributed by atoms with E-state index in [1.807, 2.05) is 18.2 Å². The average molecular weight is 435 g/mol. The van der Waals surface area contributed by atoms with Gasteiger partial charge in [0.25, 0.3) is 5.91 Å². The molecule has 3 aliphatic heterocycles. The second-order valence-electron chi connectivity index (χ2n) is 6.77. The van der Waals surface area contributed by atoms with Crippen molar-refractivity contribution in [1.82, 2.24) is 4.90 Å². The lowest BCUT2D eigenvalue weighted by Gasteiger charge is -2.22. The van der Waals surface area contributed by atoms with E-state index in [2.05, 4.69) is 4.99 Å². The minimum atomic E-state index is -0.436. The molecule has 0 radical (unpaired) electrons. The number of thioether (sulfide) groups is 1. The highest BCUT2D eigenvalue weighted by Gasteiger charge is 2.31. The molecule has 1 N–H and O–H groups in total. The van der Waals surface area contributed by atoms with E-state index in [4.69, 9.17) is 24.4 Å². The van der Waals surface area contributed by atoms with Crippen molar-refractivity contribution in [3.63, 3.8) is 0 Å². The third-order valence-electron chi connectivity index (χ3n) is 4.84. The van der Waals surface area contributed by atoms with Gasteiger partial charge in [-0.1, -0.05) is 23.9 Å². The number of hydrogen-bond donors (Lipinski definition) is 1. The zero-order valence-corrected chi connectivity index (χ0v) is 17.3. The van der Waals surface area contributed by atoms with Gasteiger partial charge in [-0.25, -0.2) is 0 Å². The number of rotatable bonds is 5. The number of nitrogens with one attached hydrogen (secondary N) is 1. The van der Waals surface area contributed by atoms with Gasteiger partial charge < -0.3 is 18.9 Å². The number of amidine groups is 2. The molecule has 0 fully saturated rings. The van der Waals surface area contributed by atoms with Crippen molar-refractivity contribution in [2.75, 3.05) is 13.9 Å². The Balaban J connectivity index is 1.35. The summed E-state index contributed by atoms with van der Waals surface area (Å²) in [5.41, 5.74) is 1.85. The van der Waals surface area contributed by atoms with Crippen molar-refractivity contribution in [3.05, 3.63) is 64.7 Å². The number of fused-ring (bicyclic) bond motifs is 2. The molecule has 156 valence electrons. The molecule has 0 bridgehead atoms. The highest BCUT2D eigenvalue weighted by molar-refractivity contribution is 8.16. The first-order valence-corrected chi connectivity index (χ1v) is 10.3. The van der Waals surface area contributed by atoms with Gasteiger partial charge in [-0.05, 0) is 46.9 Å². The fourth-order valence-corrected chi connectivity index (χ4v) is 3.99. The Labute approximate surface area is 182 Å². The van der Waals surface area contributed by atoms with Crippen molar-refractivity contribution in [2.24, 2.45) is 4.99 Å². The molecule has 3 heterocycles. The summed E-state index contributed by atoms with van der Waals surface area (Å²) in [4.78, 5) is 18.0. The minimum Gasteiger partial charge on any atom is -0.493 e. The number of amides is 1.